The first-order valence-corrected chi connectivity index (χ1v) is 5.53. The average Bonchev–Trinajstić information content (AvgIpc) is 2.26. The Morgan fingerprint density at radius 1 is 1.21 bits per heavy atom. The fraction of sp³-hybridized carbons (Fsp3) is 0.333. The van der Waals surface area contributed by atoms with E-state index in [-0.39, 0.29) is 25.2 Å². The largest absolute Gasteiger partial charge is 0.573 e. The van der Waals surface area contributed by atoms with E-state index in [1.807, 2.05) is 0 Å². The van der Waals surface area contributed by atoms with Gasteiger partial charge in [0, 0.05) is 24.7 Å². The zero-order chi connectivity index (χ0) is 14.0. The van der Waals surface area contributed by atoms with Gasteiger partial charge >= 0.3 is 6.36 Å². The molecule has 1 amide bonds. The van der Waals surface area contributed by atoms with Crippen LogP contribution in [0.3, 0.4) is 0 Å². The minimum Gasteiger partial charge on any atom is -0.406 e. The molecule has 2 rings (SSSR count). The third kappa shape index (κ3) is 3.46. The molecule has 1 aromatic carbocycles. The van der Waals surface area contributed by atoms with E-state index < -0.39 is 18.0 Å². The molecule has 1 aromatic rings. The van der Waals surface area contributed by atoms with Gasteiger partial charge in [-0.3, -0.25) is 9.59 Å². The van der Waals surface area contributed by atoms with Gasteiger partial charge in [0.1, 0.15) is 11.5 Å². The Kier molecular flexibility index (Phi) is 3.46. The molecular weight excluding hydrogens is 263 g/mol. The molecule has 1 aliphatic rings. The van der Waals surface area contributed by atoms with Crippen LogP contribution in [0.5, 0.6) is 5.75 Å². The summed E-state index contributed by atoms with van der Waals surface area (Å²) in [5.74, 6) is -0.973. The number of alkyl halides is 3. The highest BCUT2D eigenvalue weighted by molar-refractivity contribution is 6.08. The normalized spacial score (nSPS) is 16.7. The van der Waals surface area contributed by atoms with Gasteiger partial charge in [-0.15, -0.1) is 13.2 Å². The van der Waals surface area contributed by atoms with Crippen molar-refractivity contribution < 1.29 is 27.5 Å². The molecule has 7 heteroatoms. The van der Waals surface area contributed by atoms with Crippen molar-refractivity contribution in [1.29, 1.82) is 0 Å². The van der Waals surface area contributed by atoms with Crippen LogP contribution >= 0.6 is 0 Å². The van der Waals surface area contributed by atoms with E-state index in [0.717, 1.165) is 12.1 Å². The van der Waals surface area contributed by atoms with E-state index in [4.69, 9.17) is 0 Å². The van der Waals surface area contributed by atoms with Gasteiger partial charge in [-0.05, 0) is 12.1 Å². The average molecular weight is 273 g/mol. The number of amides is 1. The Bertz CT molecular complexity index is 513. The number of benzene rings is 1. The van der Waals surface area contributed by atoms with Crippen molar-refractivity contribution in [3.05, 3.63) is 24.3 Å². The van der Waals surface area contributed by atoms with Gasteiger partial charge in [-0.25, -0.2) is 0 Å². The summed E-state index contributed by atoms with van der Waals surface area (Å²) in [6.45, 7) is 0.174. The van der Waals surface area contributed by atoms with Gasteiger partial charge in [-0.2, -0.15) is 0 Å². The molecule has 1 heterocycles. The number of ether oxygens (including phenoxy) is 1. The molecule has 0 spiro atoms. The summed E-state index contributed by atoms with van der Waals surface area (Å²) >= 11 is 0. The van der Waals surface area contributed by atoms with Crippen molar-refractivity contribution in [2.75, 3.05) is 11.4 Å². The molecule has 0 aliphatic carbocycles. The Hall–Kier alpha value is -2.05. The number of ketones is 1. The number of Topliss-reactive ketones (excluding diaryl/α,β-unsaturated/α-hetero) is 1. The molecular formula is C12H10F3NO3. The van der Waals surface area contributed by atoms with E-state index in [9.17, 15) is 22.8 Å². The zero-order valence-electron chi connectivity index (χ0n) is 9.74. The number of hydrogen-bond donors (Lipinski definition) is 0. The van der Waals surface area contributed by atoms with Crippen LogP contribution in [0.25, 0.3) is 0 Å². The van der Waals surface area contributed by atoms with Crippen molar-refractivity contribution in [2.24, 2.45) is 0 Å². The molecule has 1 aliphatic heterocycles. The van der Waals surface area contributed by atoms with Crippen molar-refractivity contribution in [2.45, 2.75) is 19.2 Å². The number of anilines is 1. The van der Waals surface area contributed by atoms with Gasteiger partial charge in [0.25, 0.3) is 0 Å². The van der Waals surface area contributed by atoms with Crippen molar-refractivity contribution >= 4 is 17.4 Å². The summed E-state index contributed by atoms with van der Waals surface area (Å²) < 4.78 is 40.1. The van der Waals surface area contributed by atoms with E-state index in [1.54, 1.807) is 0 Å². The van der Waals surface area contributed by atoms with Crippen LogP contribution in [0, 0.1) is 0 Å². The fourth-order valence-electron chi connectivity index (χ4n) is 1.84. The van der Waals surface area contributed by atoms with E-state index in [0.29, 0.717) is 5.69 Å². The van der Waals surface area contributed by atoms with Gasteiger partial charge in [-0.1, -0.05) is 6.07 Å². The summed E-state index contributed by atoms with van der Waals surface area (Å²) in [5.41, 5.74) is 0.291. The Labute approximate surface area is 106 Å². The first-order chi connectivity index (χ1) is 8.85. The molecule has 0 bridgehead atoms. The SMILES string of the molecule is O=C1CCN(c2cccc(OC(F)(F)F)c2)C(=O)C1. The number of halogens is 3. The second-order valence-electron chi connectivity index (χ2n) is 4.06. The summed E-state index contributed by atoms with van der Waals surface area (Å²) in [7, 11) is 0. The van der Waals surface area contributed by atoms with E-state index in [1.165, 1.54) is 17.0 Å². The fourth-order valence-corrected chi connectivity index (χ4v) is 1.84. The number of carbonyl (C=O) groups excluding carboxylic acids is 2. The molecule has 0 aromatic heterocycles. The molecule has 0 unspecified atom stereocenters. The van der Waals surface area contributed by atoms with Gasteiger partial charge in [0.05, 0.1) is 6.42 Å². The molecule has 4 nitrogen and oxygen atoms in total. The standard InChI is InChI=1S/C12H10F3NO3/c13-12(14,15)19-10-3-1-2-8(6-10)16-5-4-9(17)7-11(16)18/h1-3,6H,4-5,7H2. The van der Waals surface area contributed by atoms with Gasteiger partial charge in [0.15, 0.2) is 0 Å². The van der Waals surface area contributed by atoms with Crippen LogP contribution in [-0.4, -0.2) is 24.6 Å². The maximum atomic E-state index is 12.1. The van der Waals surface area contributed by atoms with Gasteiger partial charge in [0.2, 0.25) is 5.91 Å². The van der Waals surface area contributed by atoms with Crippen LogP contribution < -0.4 is 9.64 Å². The van der Waals surface area contributed by atoms with Crippen LogP contribution in [0.2, 0.25) is 0 Å². The zero-order valence-corrected chi connectivity index (χ0v) is 9.74. The number of carbonyl (C=O) groups is 2. The Morgan fingerprint density at radius 3 is 2.58 bits per heavy atom. The van der Waals surface area contributed by atoms with Crippen LogP contribution in [-0.2, 0) is 9.59 Å². The minimum atomic E-state index is -4.78. The summed E-state index contributed by atoms with van der Waals surface area (Å²) in [5, 5.41) is 0. The van der Waals surface area contributed by atoms with Crippen LogP contribution in [0.1, 0.15) is 12.8 Å². The quantitative estimate of drug-likeness (QED) is 0.777. The highest BCUT2D eigenvalue weighted by Crippen LogP contribution is 2.28. The molecule has 0 atom stereocenters. The number of piperidine rings is 1. The number of rotatable bonds is 2. The number of nitrogens with zero attached hydrogens (tertiary/aromatic N) is 1. The van der Waals surface area contributed by atoms with Crippen molar-refractivity contribution in [3.8, 4) is 5.75 Å². The Balaban J connectivity index is 2.19. The smallest absolute Gasteiger partial charge is 0.406 e. The third-order valence-corrected chi connectivity index (χ3v) is 2.63. The lowest BCUT2D eigenvalue weighted by atomic mass is 10.1. The Morgan fingerprint density at radius 2 is 1.95 bits per heavy atom. The minimum absolute atomic E-state index is 0.163. The molecule has 1 fully saturated rings. The predicted molar refractivity (Wildman–Crippen MR) is 59.7 cm³/mol. The molecule has 1 saturated heterocycles. The number of hydrogen-bond acceptors (Lipinski definition) is 3. The first-order valence-electron chi connectivity index (χ1n) is 5.53. The molecule has 19 heavy (non-hydrogen) atoms. The monoisotopic (exact) mass is 273 g/mol. The van der Waals surface area contributed by atoms with Crippen molar-refractivity contribution in [3.63, 3.8) is 0 Å². The lowest BCUT2D eigenvalue weighted by molar-refractivity contribution is -0.274. The van der Waals surface area contributed by atoms with E-state index >= 15 is 0 Å². The lowest BCUT2D eigenvalue weighted by Crippen LogP contribution is -2.39. The summed E-state index contributed by atoms with van der Waals surface area (Å²) in [4.78, 5) is 24.0. The molecule has 0 radical (unpaired) electrons. The predicted octanol–water partition coefficient (Wildman–Crippen LogP) is 2.28. The second-order valence-corrected chi connectivity index (χ2v) is 4.06. The van der Waals surface area contributed by atoms with E-state index in [2.05, 4.69) is 4.74 Å². The second kappa shape index (κ2) is 4.91. The maximum Gasteiger partial charge on any atom is 0.573 e. The van der Waals surface area contributed by atoms with Crippen LogP contribution in [0.4, 0.5) is 18.9 Å². The van der Waals surface area contributed by atoms with Gasteiger partial charge < -0.3 is 9.64 Å². The molecule has 0 saturated carbocycles. The summed E-state index contributed by atoms with van der Waals surface area (Å²) in [6.07, 6.45) is -4.79. The molecule has 102 valence electrons. The van der Waals surface area contributed by atoms with Crippen molar-refractivity contribution in [1.82, 2.24) is 0 Å². The third-order valence-electron chi connectivity index (χ3n) is 2.63. The topological polar surface area (TPSA) is 46.6 Å². The first kappa shape index (κ1) is 13.4. The summed E-state index contributed by atoms with van der Waals surface area (Å²) in [6, 6.07) is 5.13. The highest BCUT2D eigenvalue weighted by Gasteiger charge is 2.31. The highest BCUT2D eigenvalue weighted by atomic mass is 19.4. The molecule has 0 N–H and O–H groups in total. The maximum absolute atomic E-state index is 12.1. The van der Waals surface area contributed by atoms with Crippen LogP contribution in [0.15, 0.2) is 24.3 Å². The lowest BCUT2D eigenvalue weighted by Gasteiger charge is -2.26.